The third-order valence-electron chi connectivity index (χ3n) is 4.32. The molecule has 0 aliphatic carbocycles. The summed E-state index contributed by atoms with van der Waals surface area (Å²) >= 11 is 0. The molecule has 0 aliphatic rings. The Morgan fingerprint density at radius 2 is 1.86 bits per heavy atom. The van der Waals surface area contributed by atoms with Crippen LogP contribution in [0, 0.1) is 12.7 Å². The number of rotatable bonds is 5. The van der Waals surface area contributed by atoms with Gasteiger partial charge in [0.2, 0.25) is 0 Å². The molecule has 2 aromatic carbocycles. The van der Waals surface area contributed by atoms with E-state index in [2.05, 4.69) is 0 Å². The lowest BCUT2D eigenvalue weighted by Gasteiger charge is -2.36. The Balaban J connectivity index is 2.46. The summed E-state index contributed by atoms with van der Waals surface area (Å²) in [6.07, 6.45) is -0.0218. The van der Waals surface area contributed by atoms with Crippen LogP contribution in [0.4, 0.5) is 4.39 Å². The Hall–Kier alpha value is -1.71. The molecule has 0 spiro atoms. The van der Waals surface area contributed by atoms with E-state index in [1.807, 2.05) is 37.3 Å². The molecule has 3 N–H and O–H groups in total. The molecule has 3 heteroatoms. The van der Waals surface area contributed by atoms with Gasteiger partial charge >= 0.3 is 0 Å². The van der Waals surface area contributed by atoms with Gasteiger partial charge in [0.05, 0.1) is 6.10 Å². The van der Waals surface area contributed by atoms with Crippen LogP contribution in [0.1, 0.15) is 23.6 Å². The molecule has 0 aliphatic heterocycles. The predicted molar refractivity (Wildman–Crippen MR) is 83.7 cm³/mol. The van der Waals surface area contributed by atoms with Gasteiger partial charge in [-0.15, -0.1) is 0 Å². The Morgan fingerprint density at radius 1 is 1.19 bits per heavy atom. The zero-order chi connectivity index (χ0) is 15.5. The van der Waals surface area contributed by atoms with Gasteiger partial charge in [0, 0.05) is 12.0 Å². The van der Waals surface area contributed by atoms with E-state index in [1.54, 1.807) is 13.0 Å². The van der Waals surface area contributed by atoms with Gasteiger partial charge in [-0.05, 0) is 49.1 Å². The predicted octanol–water partition coefficient (Wildman–Crippen LogP) is 2.95. The first-order valence-corrected chi connectivity index (χ1v) is 7.18. The highest BCUT2D eigenvalue weighted by molar-refractivity contribution is 5.35. The van der Waals surface area contributed by atoms with Crippen LogP contribution in [0.2, 0.25) is 0 Å². The van der Waals surface area contributed by atoms with Crippen LogP contribution in [0.25, 0.3) is 0 Å². The number of aliphatic hydroxyl groups excluding tert-OH is 1. The van der Waals surface area contributed by atoms with Crippen molar-refractivity contribution in [1.29, 1.82) is 0 Å². The maximum absolute atomic E-state index is 13.3. The van der Waals surface area contributed by atoms with Crippen molar-refractivity contribution in [1.82, 2.24) is 0 Å². The van der Waals surface area contributed by atoms with E-state index in [-0.39, 0.29) is 5.82 Å². The van der Waals surface area contributed by atoms with Gasteiger partial charge in [0.15, 0.2) is 0 Å². The number of halogens is 1. The summed E-state index contributed by atoms with van der Waals surface area (Å²) < 4.78 is 13.3. The van der Waals surface area contributed by atoms with Gasteiger partial charge < -0.3 is 10.8 Å². The normalized spacial score (nSPS) is 15.5. The van der Waals surface area contributed by atoms with Crippen molar-refractivity contribution in [2.45, 2.75) is 31.8 Å². The lowest BCUT2D eigenvalue weighted by molar-refractivity contribution is 0.1000. The van der Waals surface area contributed by atoms with Gasteiger partial charge in [-0.25, -0.2) is 4.39 Å². The van der Waals surface area contributed by atoms with E-state index in [9.17, 15) is 9.50 Å². The fraction of sp³-hybridized carbons (Fsp3) is 0.333. The van der Waals surface area contributed by atoms with Crippen LogP contribution in [-0.2, 0) is 11.8 Å². The molecule has 0 aromatic heterocycles. The van der Waals surface area contributed by atoms with Crippen molar-refractivity contribution in [3.8, 4) is 0 Å². The molecule has 0 saturated carbocycles. The molecule has 2 rings (SSSR count). The Bertz CT molecular complexity index is 597. The number of benzene rings is 2. The Morgan fingerprint density at radius 3 is 2.38 bits per heavy atom. The maximum atomic E-state index is 13.3. The van der Waals surface area contributed by atoms with Gasteiger partial charge in [-0.3, -0.25) is 0 Å². The molecule has 112 valence electrons. The first kappa shape index (κ1) is 15.7. The van der Waals surface area contributed by atoms with Crippen molar-refractivity contribution in [2.75, 3.05) is 6.54 Å². The molecule has 0 bridgehead atoms. The number of nitrogens with two attached hydrogens (primary N) is 1. The van der Waals surface area contributed by atoms with E-state index in [0.717, 1.165) is 16.7 Å². The zero-order valence-corrected chi connectivity index (χ0v) is 12.5. The van der Waals surface area contributed by atoms with E-state index in [4.69, 9.17) is 5.73 Å². The van der Waals surface area contributed by atoms with Crippen molar-refractivity contribution in [3.63, 3.8) is 0 Å². The number of hydrogen-bond donors (Lipinski definition) is 2. The summed E-state index contributed by atoms with van der Waals surface area (Å²) in [4.78, 5) is 0. The topological polar surface area (TPSA) is 46.2 Å². The molecular formula is C18H22FNO. The van der Waals surface area contributed by atoms with Crippen LogP contribution in [0.15, 0.2) is 48.5 Å². The van der Waals surface area contributed by atoms with E-state index >= 15 is 0 Å². The smallest absolute Gasteiger partial charge is 0.123 e. The average molecular weight is 287 g/mol. The Labute approximate surface area is 125 Å². The molecule has 2 nitrogen and oxygen atoms in total. The summed E-state index contributed by atoms with van der Waals surface area (Å²) in [5.41, 5.74) is 8.36. The number of hydrogen-bond acceptors (Lipinski definition) is 2. The quantitative estimate of drug-likeness (QED) is 0.888. The van der Waals surface area contributed by atoms with Gasteiger partial charge in [0.25, 0.3) is 0 Å². The molecule has 0 amide bonds. The van der Waals surface area contributed by atoms with Crippen molar-refractivity contribution < 1.29 is 9.50 Å². The summed E-state index contributed by atoms with van der Waals surface area (Å²) in [5.74, 6) is -0.244. The van der Waals surface area contributed by atoms with Crippen LogP contribution in [-0.4, -0.2) is 17.8 Å². The minimum absolute atomic E-state index is 0.244. The molecule has 0 heterocycles. The molecule has 0 fully saturated rings. The summed E-state index contributed by atoms with van der Waals surface area (Å²) in [6.45, 7) is 3.97. The SMILES string of the molecule is Cc1cc(F)ccc1CC(CN)(c1ccccc1)C(C)O. The molecule has 21 heavy (non-hydrogen) atoms. The zero-order valence-electron chi connectivity index (χ0n) is 12.5. The second-order valence-electron chi connectivity index (χ2n) is 5.65. The minimum Gasteiger partial charge on any atom is -0.392 e. The van der Waals surface area contributed by atoms with Crippen molar-refractivity contribution in [2.24, 2.45) is 5.73 Å². The summed E-state index contributed by atoms with van der Waals surface area (Å²) in [5, 5.41) is 10.4. The van der Waals surface area contributed by atoms with E-state index in [1.165, 1.54) is 12.1 Å². The average Bonchev–Trinajstić information content (AvgIpc) is 2.47. The maximum Gasteiger partial charge on any atom is 0.123 e. The fourth-order valence-electron chi connectivity index (χ4n) is 2.82. The van der Waals surface area contributed by atoms with Crippen molar-refractivity contribution >= 4 is 0 Å². The Kier molecular flexibility index (Phi) is 4.76. The highest BCUT2D eigenvalue weighted by Gasteiger charge is 2.36. The summed E-state index contributed by atoms with van der Waals surface area (Å²) in [6, 6.07) is 14.5. The first-order chi connectivity index (χ1) is 9.99. The molecule has 2 unspecified atom stereocenters. The molecular weight excluding hydrogens is 265 g/mol. The lowest BCUT2D eigenvalue weighted by atomic mass is 9.71. The molecule has 0 saturated heterocycles. The van der Waals surface area contributed by atoms with Crippen molar-refractivity contribution in [3.05, 3.63) is 71.0 Å². The highest BCUT2D eigenvalue weighted by atomic mass is 19.1. The monoisotopic (exact) mass is 287 g/mol. The first-order valence-electron chi connectivity index (χ1n) is 7.18. The highest BCUT2D eigenvalue weighted by Crippen LogP contribution is 2.32. The second kappa shape index (κ2) is 6.37. The minimum atomic E-state index is -0.602. The van der Waals surface area contributed by atoms with Gasteiger partial charge in [-0.1, -0.05) is 36.4 Å². The van der Waals surface area contributed by atoms with E-state index < -0.39 is 11.5 Å². The molecule has 2 aromatic rings. The largest absolute Gasteiger partial charge is 0.392 e. The van der Waals surface area contributed by atoms with Gasteiger partial charge in [-0.2, -0.15) is 0 Å². The third kappa shape index (κ3) is 3.14. The lowest BCUT2D eigenvalue weighted by Crippen LogP contribution is -2.46. The fourth-order valence-corrected chi connectivity index (χ4v) is 2.82. The van der Waals surface area contributed by atoms with Gasteiger partial charge in [0.1, 0.15) is 5.82 Å². The van der Waals surface area contributed by atoms with Crippen LogP contribution in [0.3, 0.4) is 0 Å². The number of aryl methyl sites for hydroxylation is 1. The molecule has 2 atom stereocenters. The molecule has 0 radical (unpaired) electrons. The van der Waals surface area contributed by atoms with Crippen LogP contribution >= 0.6 is 0 Å². The van der Waals surface area contributed by atoms with Crippen LogP contribution < -0.4 is 5.73 Å². The number of aliphatic hydroxyl groups is 1. The second-order valence-corrected chi connectivity index (χ2v) is 5.65. The third-order valence-corrected chi connectivity index (χ3v) is 4.32. The standard InChI is InChI=1S/C18H22FNO/c1-13-10-17(19)9-8-15(13)11-18(12-20,14(2)21)16-6-4-3-5-7-16/h3-10,14,21H,11-12,20H2,1-2H3. The summed E-state index contributed by atoms with van der Waals surface area (Å²) in [7, 11) is 0. The van der Waals surface area contributed by atoms with E-state index in [0.29, 0.717) is 13.0 Å². The van der Waals surface area contributed by atoms with Crippen LogP contribution in [0.5, 0.6) is 0 Å².